The Hall–Kier alpha value is -1.77. The van der Waals surface area contributed by atoms with Crippen LogP contribution in [0.4, 0.5) is 4.39 Å². The number of aromatic nitrogens is 1. The van der Waals surface area contributed by atoms with Crippen LogP contribution in [0, 0.1) is 5.82 Å². The molecule has 1 aromatic heterocycles. The van der Waals surface area contributed by atoms with Gasteiger partial charge < -0.3 is 9.64 Å². The van der Waals surface area contributed by atoms with Gasteiger partial charge in [0.25, 0.3) is 5.91 Å². The smallest absolute Gasteiger partial charge is 0.273 e. The SMILES string of the molecule is [B]c1cc(CN2CCC3(CC2)CN(C(=O)c2csc(C(C)C)n2)CCO3)ccc1F. The summed E-state index contributed by atoms with van der Waals surface area (Å²) in [4.78, 5) is 21.8. The monoisotopic (exact) mass is 427 g/mol. The predicted octanol–water partition coefficient (Wildman–Crippen LogP) is 2.71. The Bertz CT molecular complexity index is 912. The first-order chi connectivity index (χ1) is 14.3. The third-order valence-electron chi connectivity index (χ3n) is 6.00. The fourth-order valence-electron chi connectivity index (χ4n) is 4.20. The Morgan fingerprint density at radius 1 is 1.33 bits per heavy atom. The molecule has 1 spiro atoms. The van der Waals surface area contributed by atoms with Crippen molar-refractivity contribution in [2.75, 3.05) is 32.8 Å². The van der Waals surface area contributed by atoms with Gasteiger partial charge in [0.15, 0.2) is 0 Å². The second-order valence-electron chi connectivity index (χ2n) is 8.62. The first kappa shape index (κ1) is 21.5. The van der Waals surface area contributed by atoms with Crippen LogP contribution < -0.4 is 5.46 Å². The van der Waals surface area contributed by atoms with E-state index >= 15 is 0 Å². The fraction of sp³-hybridized carbons (Fsp3) is 0.545. The maximum atomic E-state index is 13.4. The van der Waals surface area contributed by atoms with Gasteiger partial charge in [-0.2, -0.15) is 0 Å². The molecule has 2 saturated heterocycles. The third-order valence-corrected chi connectivity index (χ3v) is 7.15. The lowest BCUT2D eigenvalue weighted by molar-refractivity contribution is -0.128. The average Bonchev–Trinajstić information content (AvgIpc) is 3.23. The maximum absolute atomic E-state index is 13.4. The van der Waals surface area contributed by atoms with E-state index in [1.54, 1.807) is 23.5 Å². The molecule has 30 heavy (non-hydrogen) atoms. The number of thiazole rings is 1. The second kappa shape index (κ2) is 8.77. The highest BCUT2D eigenvalue weighted by atomic mass is 32.1. The van der Waals surface area contributed by atoms with Gasteiger partial charge in [-0.15, -0.1) is 11.3 Å². The highest BCUT2D eigenvalue weighted by molar-refractivity contribution is 7.09. The zero-order valence-electron chi connectivity index (χ0n) is 17.6. The summed E-state index contributed by atoms with van der Waals surface area (Å²) >= 11 is 1.55. The number of nitrogens with zero attached hydrogens (tertiary/aromatic N) is 3. The van der Waals surface area contributed by atoms with Crippen LogP contribution in [0.5, 0.6) is 0 Å². The molecule has 5 nitrogen and oxygen atoms in total. The average molecular weight is 427 g/mol. The molecule has 0 unspecified atom stereocenters. The molecule has 1 aromatic carbocycles. The van der Waals surface area contributed by atoms with E-state index in [1.165, 1.54) is 6.07 Å². The van der Waals surface area contributed by atoms with E-state index in [4.69, 9.17) is 12.6 Å². The standard InChI is InChI=1S/C22H27BFN3O2S/c1-15(2)20-25-19(13-30-20)21(28)27-9-10-29-22(14-27)5-7-26(8-6-22)12-16-3-4-18(24)17(23)11-16/h3-4,11,13,15H,5-10,12,14H2,1-2H3. The molecule has 8 heteroatoms. The summed E-state index contributed by atoms with van der Waals surface area (Å²) in [6.07, 6.45) is 1.73. The molecule has 2 aliphatic heterocycles. The molecular weight excluding hydrogens is 400 g/mol. The van der Waals surface area contributed by atoms with Gasteiger partial charge in [-0.3, -0.25) is 9.69 Å². The number of benzene rings is 1. The summed E-state index contributed by atoms with van der Waals surface area (Å²) in [6.45, 7) is 8.42. The minimum atomic E-state index is -0.377. The van der Waals surface area contributed by atoms with Crippen molar-refractivity contribution in [1.82, 2.24) is 14.8 Å². The van der Waals surface area contributed by atoms with Crippen molar-refractivity contribution in [3.8, 4) is 0 Å². The summed E-state index contributed by atoms with van der Waals surface area (Å²) in [5, 5.41) is 2.87. The molecule has 4 rings (SSSR count). The van der Waals surface area contributed by atoms with E-state index in [2.05, 4.69) is 23.7 Å². The molecule has 0 saturated carbocycles. The zero-order valence-corrected chi connectivity index (χ0v) is 18.4. The van der Waals surface area contributed by atoms with Crippen LogP contribution in [-0.4, -0.2) is 66.9 Å². The molecule has 3 heterocycles. The lowest BCUT2D eigenvalue weighted by atomic mass is 9.88. The Labute approximate surface area is 182 Å². The number of ether oxygens (including phenoxy) is 1. The summed E-state index contributed by atoms with van der Waals surface area (Å²) < 4.78 is 19.6. The van der Waals surface area contributed by atoms with Crippen molar-refractivity contribution >= 4 is 30.6 Å². The van der Waals surface area contributed by atoms with Gasteiger partial charge in [0.05, 0.1) is 23.8 Å². The number of carbonyl (C=O) groups excluding carboxylic acids is 1. The van der Waals surface area contributed by atoms with Crippen LogP contribution in [-0.2, 0) is 11.3 Å². The van der Waals surface area contributed by atoms with Crippen LogP contribution in [0.25, 0.3) is 0 Å². The van der Waals surface area contributed by atoms with Crippen molar-refractivity contribution in [1.29, 1.82) is 0 Å². The summed E-state index contributed by atoms with van der Waals surface area (Å²) in [5.74, 6) is -0.0456. The molecule has 158 valence electrons. The van der Waals surface area contributed by atoms with Gasteiger partial charge in [-0.05, 0) is 24.5 Å². The van der Waals surface area contributed by atoms with Crippen molar-refractivity contribution in [2.24, 2.45) is 0 Å². The number of carbonyl (C=O) groups is 1. The van der Waals surface area contributed by atoms with E-state index in [1.807, 2.05) is 10.3 Å². The number of hydrogen-bond acceptors (Lipinski definition) is 5. The van der Waals surface area contributed by atoms with Gasteiger partial charge in [-0.25, -0.2) is 9.37 Å². The number of amides is 1. The normalized spacial score (nSPS) is 19.5. The number of morpholine rings is 1. The van der Waals surface area contributed by atoms with Crippen LogP contribution in [0.3, 0.4) is 0 Å². The largest absolute Gasteiger partial charge is 0.371 e. The second-order valence-corrected chi connectivity index (χ2v) is 9.51. The van der Waals surface area contributed by atoms with Crippen LogP contribution in [0.2, 0.25) is 0 Å². The number of piperidine rings is 1. The minimum absolute atomic E-state index is 0.00467. The molecule has 0 N–H and O–H groups in total. The topological polar surface area (TPSA) is 45.7 Å². The van der Waals surface area contributed by atoms with Crippen molar-refractivity contribution in [2.45, 2.75) is 44.8 Å². The van der Waals surface area contributed by atoms with E-state index in [0.717, 1.165) is 43.0 Å². The van der Waals surface area contributed by atoms with Gasteiger partial charge in [0.1, 0.15) is 19.4 Å². The summed E-state index contributed by atoms with van der Waals surface area (Å²) in [5.41, 5.74) is 1.46. The van der Waals surface area contributed by atoms with Gasteiger partial charge in [0, 0.05) is 37.5 Å². The van der Waals surface area contributed by atoms with Gasteiger partial charge in [-0.1, -0.05) is 31.4 Å². The van der Waals surface area contributed by atoms with Crippen molar-refractivity contribution in [3.63, 3.8) is 0 Å². The molecule has 2 aromatic rings. The molecule has 0 aliphatic carbocycles. The molecule has 2 radical (unpaired) electrons. The maximum Gasteiger partial charge on any atom is 0.273 e. The van der Waals surface area contributed by atoms with Gasteiger partial charge >= 0.3 is 0 Å². The Kier molecular flexibility index (Phi) is 6.27. The Balaban J connectivity index is 1.36. The molecule has 1 amide bonds. The lowest BCUT2D eigenvalue weighted by Gasteiger charge is -2.47. The van der Waals surface area contributed by atoms with Crippen LogP contribution >= 0.6 is 11.3 Å². The highest BCUT2D eigenvalue weighted by Crippen LogP contribution is 2.31. The van der Waals surface area contributed by atoms with E-state index in [9.17, 15) is 9.18 Å². The van der Waals surface area contributed by atoms with E-state index < -0.39 is 0 Å². The third kappa shape index (κ3) is 4.60. The van der Waals surface area contributed by atoms with E-state index in [-0.39, 0.29) is 22.8 Å². The summed E-state index contributed by atoms with van der Waals surface area (Å²) in [6, 6.07) is 4.91. The lowest BCUT2D eigenvalue weighted by Crippen LogP contribution is -2.58. The highest BCUT2D eigenvalue weighted by Gasteiger charge is 2.41. The van der Waals surface area contributed by atoms with Crippen molar-refractivity contribution in [3.05, 3.63) is 45.7 Å². The number of rotatable bonds is 4. The molecule has 0 bridgehead atoms. The fourth-order valence-corrected chi connectivity index (χ4v) is 5.01. The first-order valence-electron chi connectivity index (χ1n) is 10.5. The number of hydrogen-bond donors (Lipinski definition) is 0. The minimum Gasteiger partial charge on any atom is -0.371 e. The molecule has 2 aliphatic rings. The van der Waals surface area contributed by atoms with Gasteiger partial charge in [0.2, 0.25) is 0 Å². The van der Waals surface area contributed by atoms with Crippen LogP contribution in [0.1, 0.15) is 53.7 Å². The van der Waals surface area contributed by atoms with Crippen molar-refractivity contribution < 1.29 is 13.9 Å². The number of halogens is 1. The molecular formula is C22H27BFN3O2S. The molecule has 0 atom stereocenters. The molecule has 2 fully saturated rings. The summed E-state index contributed by atoms with van der Waals surface area (Å²) in [7, 11) is 5.69. The quantitative estimate of drug-likeness (QED) is 0.705. The first-order valence-corrected chi connectivity index (χ1v) is 11.4. The predicted molar refractivity (Wildman–Crippen MR) is 117 cm³/mol. The van der Waals surface area contributed by atoms with Crippen LogP contribution in [0.15, 0.2) is 23.6 Å². The Morgan fingerprint density at radius 2 is 2.10 bits per heavy atom. The number of likely N-dealkylation sites (tertiary alicyclic amines) is 1. The Morgan fingerprint density at radius 3 is 2.77 bits per heavy atom. The van der Waals surface area contributed by atoms with E-state index in [0.29, 0.717) is 31.3 Å². The zero-order chi connectivity index (χ0) is 21.3.